The third-order valence-corrected chi connectivity index (χ3v) is 4.64. The van der Waals surface area contributed by atoms with E-state index in [0.717, 1.165) is 4.90 Å². The van der Waals surface area contributed by atoms with Crippen molar-refractivity contribution in [3.05, 3.63) is 65.2 Å². The van der Waals surface area contributed by atoms with Crippen molar-refractivity contribution in [1.29, 1.82) is 10.5 Å². The largest absolute Gasteiger partial charge is 0.352 e. The summed E-state index contributed by atoms with van der Waals surface area (Å²) in [7, 11) is 0. The van der Waals surface area contributed by atoms with Crippen LogP contribution in [0.25, 0.3) is 0 Å². The average Bonchev–Trinajstić information content (AvgIpc) is 2.68. The Hall–Kier alpha value is -3.68. The molecule has 7 nitrogen and oxygen atoms in total. The van der Waals surface area contributed by atoms with Crippen LogP contribution < -0.4 is 10.6 Å². The zero-order chi connectivity index (χ0) is 18.3. The molecule has 0 radical (unpaired) electrons. The molecular weight excluding hydrogens is 330 g/mol. The van der Waals surface area contributed by atoms with Crippen molar-refractivity contribution < 1.29 is 9.59 Å². The van der Waals surface area contributed by atoms with Gasteiger partial charge in [0, 0.05) is 5.69 Å². The van der Waals surface area contributed by atoms with Gasteiger partial charge < -0.3 is 5.32 Å². The zero-order valence-electron chi connectivity index (χ0n) is 13.5. The number of carbonyl (C=O) groups is 2. The SMILES string of the molecule is N#Cc1ccc(C2NC3Nc4ccccc4C(=O)N3C(=O)C2C#N)cc1. The van der Waals surface area contributed by atoms with Crippen LogP contribution in [-0.2, 0) is 4.79 Å². The quantitative estimate of drug-likeness (QED) is 0.763. The van der Waals surface area contributed by atoms with Gasteiger partial charge >= 0.3 is 0 Å². The molecule has 0 bridgehead atoms. The number of anilines is 1. The molecular formula is C19H13N5O2. The number of nitrogens with zero attached hydrogens (tertiary/aromatic N) is 3. The van der Waals surface area contributed by atoms with Gasteiger partial charge in [0.25, 0.3) is 11.8 Å². The Labute approximate surface area is 149 Å². The van der Waals surface area contributed by atoms with E-state index in [1.54, 1.807) is 48.5 Å². The number of nitriles is 2. The summed E-state index contributed by atoms with van der Waals surface area (Å²) >= 11 is 0. The molecule has 4 rings (SSSR count). The maximum absolute atomic E-state index is 12.9. The van der Waals surface area contributed by atoms with Crippen LogP contribution in [0, 0.1) is 28.6 Å². The number of hydrogen-bond acceptors (Lipinski definition) is 6. The summed E-state index contributed by atoms with van der Waals surface area (Å²) in [5, 5.41) is 24.8. The summed E-state index contributed by atoms with van der Waals surface area (Å²) in [6.45, 7) is 0. The first-order chi connectivity index (χ1) is 12.6. The lowest BCUT2D eigenvalue weighted by molar-refractivity contribution is -0.137. The molecule has 1 fully saturated rings. The number of para-hydroxylation sites is 1. The van der Waals surface area contributed by atoms with E-state index < -0.39 is 30.1 Å². The van der Waals surface area contributed by atoms with Crippen LogP contribution in [-0.4, -0.2) is 23.0 Å². The van der Waals surface area contributed by atoms with E-state index in [2.05, 4.69) is 10.6 Å². The van der Waals surface area contributed by atoms with Crippen molar-refractivity contribution in [3.8, 4) is 12.1 Å². The predicted octanol–water partition coefficient (Wildman–Crippen LogP) is 1.72. The van der Waals surface area contributed by atoms with Crippen LogP contribution in [0.2, 0.25) is 0 Å². The standard InChI is InChI=1S/C19H13N5O2/c20-9-11-5-7-12(8-6-11)16-14(10-21)18(26)24-17(25)13-3-1-2-4-15(13)22-19(24)23-16/h1-8,14,16,19,22-23H. The summed E-state index contributed by atoms with van der Waals surface area (Å²) in [6, 6.07) is 17.1. The molecule has 2 aromatic rings. The molecule has 2 aliphatic rings. The van der Waals surface area contributed by atoms with Gasteiger partial charge in [0.1, 0.15) is 5.92 Å². The van der Waals surface area contributed by atoms with Gasteiger partial charge in [-0.2, -0.15) is 10.5 Å². The third kappa shape index (κ3) is 2.31. The van der Waals surface area contributed by atoms with Crippen LogP contribution in [0.1, 0.15) is 27.5 Å². The maximum Gasteiger partial charge on any atom is 0.265 e. The molecule has 26 heavy (non-hydrogen) atoms. The number of hydrogen-bond donors (Lipinski definition) is 2. The molecule has 2 aromatic carbocycles. The predicted molar refractivity (Wildman–Crippen MR) is 91.2 cm³/mol. The normalized spacial score (nSPS) is 23.9. The first-order valence-electron chi connectivity index (χ1n) is 8.02. The van der Waals surface area contributed by atoms with Crippen LogP contribution in [0.5, 0.6) is 0 Å². The first-order valence-corrected chi connectivity index (χ1v) is 8.02. The highest BCUT2D eigenvalue weighted by Gasteiger charge is 2.47. The molecule has 3 unspecified atom stereocenters. The van der Waals surface area contributed by atoms with E-state index in [-0.39, 0.29) is 0 Å². The van der Waals surface area contributed by atoms with Crippen LogP contribution in [0.3, 0.4) is 0 Å². The number of rotatable bonds is 1. The second kappa shape index (κ2) is 5.99. The summed E-state index contributed by atoms with van der Waals surface area (Å²) in [6.07, 6.45) is -0.741. The molecule has 1 saturated heterocycles. The Kier molecular flexibility index (Phi) is 3.65. The van der Waals surface area contributed by atoms with Crippen LogP contribution in [0.15, 0.2) is 48.5 Å². The second-order valence-corrected chi connectivity index (χ2v) is 6.09. The number of amides is 2. The van der Waals surface area contributed by atoms with E-state index in [1.807, 2.05) is 12.1 Å². The lowest BCUT2D eigenvalue weighted by atomic mass is 9.89. The molecule has 0 aromatic heterocycles. The summed E-state index contributed by atoms with van der Waals surface area (Å²) < 4.78 is 0. The Balaban J connectivity index is 1.73. The molecule has 2 aliphatic heterocycles. The minimum Gasteiger partial charge on any atom is -0.352 e. The van der Waals surface area contributed by atoms with Crippen LogP contribution in [0.4, 0.5) is 5.69 Å². The third-order valence-electron chi connectivity index (χ3n) is 4.64. The van der Waals surface area contributed by atoms with E-state index in [1.165, 1.54) is 0 Å². The Morgan fingerprint density at radius 2 is 1.73 bits per heavy atom. The highest BCUT2D eigenvalue weighted by molar-refractivity contribution is 6.11. The second-order valence-electron chi connectivity index (χ2n) is 6.09. The minimum atomic E-state index is -1.05. The molecule has 0 saturated carbocycles. The molecule has 2 heterocycles. The van der Waals surface area contributed by atoms with Crippen molar-refractivity contribution in [1.82, 2.24) is 10.2 Å². The Bertz CT molecular complexity index is 986. The molecule has 3 atom stereocenters. The van der Waals surface area contributed by atoms with Gasteiger partial charge in [-0.1, -0.05) is 24.3 Å². The van der Waals surface area contributed by atoms with Gasteiger partial charge in [0.2, 0.25) is 0 Å². The fourth-order valence-electron chi connectivity index (χ4n) is 3.34. The van der Waals surface area contributed by atoms with Crippen LogP contribution >= 0.6 is 0 Å². The van der Waals surface area contributed by atoms with Crippen molar-refractivity contribution in [2.24, 2.45) is 5.92 Å². The number of nitrogens with one attached hydrogen (secondary N) is 2. The highest BCUT2D eigenvalue weighted by Crippen LogP contribution is 2.34. The Morgan fingerprint density at radius 1 is 1.00 bits per heavy atom. The minimum absolute atomic E-state index is 0.396. The highest BCUT2D eigenvalue weighted by atomic mass is 16.2. The Morgan fingerprint density at radius 3 is 2.42 bits per heavy atom. The van der Waals surface area contributed by atoms with E-state index in [9.17, 15) is 14.9 Å². The van der Waals surface area contributed by atoms with E-state index in [4.69, 9.17) is 5.26 Å². The van der Waals surface area contributed by atoms with Crippen molar-refractivity contribution in [2.45, 2.75) is 12.3 Å². The maximum atomic E-state index is 12.9. The number of benzene rings is 2. The fraction of sp³-hybridized carbons (Fsp3) is 0.158. The van der Waals surface area contributed by atoms with Gasteiger partial charge in [0.05, 0.1) is 29.3 Å². The molecule has 2 N–H and O–H groups in total. The smallest absolute Gasteiger partial charge is 0.265 e. The average molecular weight is 343 g/mol. The van der Waals surface area contributed by atoms with Crippen molar-refractivity contribution >= 4 is 17.5 Å². The van der Waals surface area contributed by atoms with Crippen molar-refractivity contribution in [3.63, 3.8) is 0 Å². The van der Waals surface area contributed by atoms with Gasteiger partial charge in [-0.15, -0.1) is 0 Å². The molecule has 7 heteroatoms. The van der Waals surface area contributed by atoms with Gasteiger partial charge in [-0.05, 0) is 29.8 Å². The van der Waals surface area contributed by atoms with Gasteiger partial charge in [-0.25, -0.2) is 4.90 Å². The number of imide groups is 1. The monoisotopic (exact) mass is 343 g/mol. The summed E-state index contributed by atoms with van der Waals surface area (Å²) in [5.74, 6) is -2.02. The fourth-order valence-corrected chi connectivity index (χ4v) is 3.34. The molecule has 2 amide bonds. The molecule has 0 spiro atoms. The topological polar surface area (TPSA) is 109 Å². The lowest BCUT2D eigenvalue weighted by Gasteiger charge is -2.44. The number of carbonyl (C=O) groups excluding carboxylic acids is 2. The number of fused-ring (bicyclic) bond motifs is 2. The summed E-state index contributed by atoms with van der Waals surface area (Å²) in [5.41, 5.74) is 2.23. The van der Waals surface area contributed by atoms with E-state index >= 15 is 0 Å². The van der Waals surface area contributed by atoms with Gasteiger partial charge in [-0.3, -0.25) is 14.9 Å². The lowest BCUT2D eigenvalue weighted by Crippen LogP contribution is -2.65. The summed E-state index contributed by atoms with van der Waals surface area (Å²) in [4.78, 5) is 26.7. The zero-order valence-corrected chi connectivity index (χ0v) is 13.5. The van der Waals surface area contributed by atoms with Gasteiger partial charge in [0.15, 0.2) is 6.29 Å². The molecule has 126 valence electrons. The van der Waals surface area contributed by atoms with Crippen molar-refractivity contribution in [2.75, 3.05) is 5.32 Å². The first kappa shape index (κ1) is 15.8. The van der Waals surface area contributed by atoms with E-state index in [0.29, 0.717) is 22.4 Å². The molecule has 0 aliphatic carbocycles.